The zero-order chi connectivity index (χ0) is 10.3. The molecule has 1 saturated carbocycles. The van der Waals surface area contributed by atoms with Gasteiger partial charge in [0.2, 0.25) is 5.78 Å². The number of rotatable bonds is 1. The second-order valence-corrected chi connectivity index (χ2v) is 3.98. The molecule has 0 aliphatic heterocycles. The van der Waals surface area contributed by atoms with E-state index in [9.17, 15) is 9.90 Å². The molecule has 2 aliphatic rings. The monoisotopic (exact) mass is 194 g/mol. The van der Waals surface area contributed by atoms with E-state index in [1.54, 1.807) is 6.08 Å². The number of aliphatic hydroxyl groups excluding tert-OH is 1. The second-order valence-electron chi connectivity index (χ2n) is 3.98. The Labute approximate surface area is 83.1 Å². The first kappa shape index (κ1) is 9.46. The topological polar surface area (TPSA) is 46.5 Å². The Hall–Kier alpha value is -1.09. The maximum absolute atomic E-state index is 11.6. The highest BCUT2D eigenvalue weighted by Gasteiger charge is 2.51. The first-order valence-corrected chi connectivity index (χ1v) is 4.79. The lowest BCUT2D eigenvalue weighted by Crippen LogP contribution is -2.33. The molecule has 0 heterocycles. The summed E-state index contributed by atoms with van der Waals surface area (Å²) in [6.45, 7) is 3.93. The van der Waals surface area contributed by atoms with Gasteiger partial charge in [-0.2, -0.15) is 0 Å². The van der Waals surface area contributed by atoms with Gasteiger partial charge in [-0.3, -0.25) is 4.79 Å². The van der Waals surface area contributed by atoms with Crippen LogP contribution in [0.1, 0.15) is 19.3 Å². The summed E-state index contributed by atoms with van der Waals surface area (Å²) in [7, 11) is 1.45. The highest BCUT2D eigenvalue weighted by molar-refractivity contribution is 6.01. The summed E-state index contributed by atoms with van der Waals surface area (Å²) in [5.41, 5.74) is 0.424. The van der Waals surface area contributed by atoms with E-state index in [1.165, 1.54) is 7.11 Å². The second kappa shape index (κ2) is 2.95. The fraction of sp³-hybridized carbons (Fsp3) is 0.545. The molecule has 1 spiro atoms. The zero-order valence-electron chi connectivity index (χ0n) is 8.25. The van der Waals surface area contributed by atoms with Crippen LogP contribution in [0.5, 0.6) is 0 Å². The van der Waals surface area contributed by atoms with E-state index < -0.39 is 11.5 Å². The Morgan fingerprint density at radius 2 is 2.43 bits per heavy atom. The molecule has 0 saturated heterocycles. The number of Topliss-reactive ketones (excluding diaryl/α,β-unsaturated/α-hetero) is 1. The highest BCUT2D eigenvalue weighted by atomic mass is 16.5. The molecule has 76 valence electrons. The average Bonchev–Trinajstić information content (AvgIpc) is 2.65. The molecule has 0 radical (unpaired) electrons. The van der Waals surface area contributed by atoms with Gasteiger partial charge in [-0.25, -0.2) is 0 Å². The number of methoxy groups -OCH3 is 1. The van der Waals surface area contributed by atoms with Gasteiger partial charge >= 0.3 is 0 Å². The van der Waals surface area contributed by atoms with Crippen molar-refractivity contribution in [3.63, 3.8) is 0 Å². The third-order valence-corrected chi connectivity index (χ3v) is 3.31. The highest BCUT2D eigenvalue weighted by Crippen LogP contribution is 2.50. The van der Waals surface area contributed by atoms with Crippen molar-refractivity contribution in [3.8, 4) is 0 Å². The minimum atomic E-state index is -0.979. The lowest BCUT2D eigenvalue weighted by atomic mass is 9.80. The molecule has 0 aromatic rings. The Kier molecular flexibility index (Phi) is 2.00. The van der Waals surface area contributed by atoms with Gasteiger partial charge in [0.05, 0.1) is 7.11 Å². The SMILES string of the molecule is C=C1CCCC12C=C(OC)C(=O)C2O. The fourth-order valence-electron chi connectivity index (χ4n) is 2.42. The van der Waals surface area contributed by atoms with Crippen molar-refractivity contribution < 1.29 is 14.6 Å². The Balaban J connectivity index is 2.42. The smallest absolute Gasteiger partial charge is 0.226 e. The molecule has 2 rings (SSSR count). The van der Waals surface area contributed by atoms with Crippen LogP contribution in [-0.4, -0.2) is 24.1 Å². The first-order valence-electron chi connectivity index (χ1n) is 4.79. The van der Waals surface area contributed by atoms with Crippen LogP contribution in [-0.2, 0) is 9.53 Å². The van der Waals surface area contributed by atoms with E-state index >= 15 is 0 Å². The summed E-state index contributed by atoms with van der Waals surface area (Å²) in [5, 5.41) is 9.88. The Bertz CT molecular complexity index is 329. The molecule has 3 heteroatoms. The van der Waals surface area contributed by atoms with Crippen LogP contribution in [0.3, 0.4) is 0 Å². The number of ether oxygens (including phenoxy) is 1. The van der Waals surface area contributed by atoms with Gasteiger partial charge < -0.3 is 9.84 Å². The molecule has 0 aromatic carbocycles. The van der Waals surface area contributed by atoms with E-state index in [4.69, 9.17) is 4.74 Å². The van der Waals surface area contributed by atoms with Crippen molar-refractivity contribution >= 4 is 5.78 Å². The molecular formula is C11H14O3. The minimum absolute atomic E-state index is 0.278. The van der Waals surface area contributed by atoms with Gasteiger partial charge in [0.1, 0.15) is 6.10 Å². The van der Waals surface area contributed by atoms with Crippen LogP contribution in [0.15, 0.2) is 24.0 Å². The van der Waals surface area contributed by atoms with Crippen LogP contribution in [0.2, 0.25) is 0 Å². The number of aliphatic hydroxyl groups is 1. The van der Waals surface area contributed by atoms with Crippen LogP contribution < -0.4 is 0 Å². The quantitative estimate of drug-likeness (QED) is 0.638. The van der Waals surface area contributed by atoms with Crippen molar-refractivity contribution in [3.05, 3.63) is 24.0 Å². The summed E-state index contributed by atoms with van der Waals surface area (Å²) in [5.74, 6) is -0.0314. The maximum Gasteiger partial charge on any atom is 0.226 e. The van der Waals surface area contributed by atoms with Crippen molar-refractivity contribution in [2.75, 3.05) is 7.11 Å². The number of carbonyl (C=O) groups is 1. The molecule has 1 fully saturated rings. The fourth-order valence-corrected chi connectivity index (χ4v) is 2.42. The zero-order valence-corrected chi connectivity index (χ0v) is 8.25. The summed E-state index contributed by atoms with van der Waals surface area (Å²) in [6, 6.07) is 0. The number of ketones is 1. The summed E-state index contributed by atoms with van der Waals surface area (Å²) < 4.78 is 4.94. The predicted octanol–water partition coefficient (Wildman–Crippen LogP) is 1.19. The molecule has 0 aromatic heterocycles. The summed E-state index contributed by atoms with van der Waals surface area (Å²) in [4.78, 5) is 11.6. The first-order chi connectivity index (χ1) is 6.62. The number of carbonyl (C=O) groups excluding carboxylic acids is 1. The normalized spacial score (nSPS) is 36.7. The largest absolute Gasteiger partial charge is 0.493 e. The van der Waals surface area contributed by atoms with Crippen LogP contribution in [0.25, 0.3) is 0 Å². The van der Waals surface area contributed by atoms with Crippen molar-refractivity contribution in [2.45, 2.75) is 25.4 Å². The van der Waals surface area contributed by atoms with E-state index in [-0.39, 0.29) is 11.5 Å². The van der Waals surface area contributed by atoms with Gasteiger partial charge in [-0.15, -0.1) is 0 Å². The lowest BCUT2D eigenvalue weighted by molar-refractivity contribution is -0.127. The predicted molar refractivity (Wildman–Crippen MR) is 51.5 cm³/mol. The van der Waals surface area contributed by atoms with Gasteiger partial charge in [0, 0.05) is 5.41 Å². The molecule has 1 N–H and O–H groups in total. The van der Waals surface area contributed by atoms with Crippen molar-refractivity contribution in [1.29, 1.82) is 0 Å². The lowest BCUT2D eigenvalue weighted by Gasteiger charge is -2.25. The van der Waals surface area contributed by atoms with Gasteiger partial charge in [0.15, 0.2) is 5.76 Å². The molecule has 14 heavy (non-hydrogen) atoms. The Morgan fingerprint density at radius 1 is 1.71 bits per heavy atom. The van der Waals surface area contributed by atoms with Crippen LogP contribution in [0, 0.1) is 5.41 Å². The molecule has 2 atom stereocenters. The standard InChI is InChI=1S/C11H14O3/c1-7-4-3-5-11(7)6-8(14-2)9(12)10(11)13/h6,10,13H,1,3-5H2,2H3. The van der Waals surface area contributed by atoms with E-state index in [0.717, 1.165) is 24.8 Å². The van der Waals surface area contributed by atoms with E-state index in [2.05, 4.69) is 6.58 Å². The van der Waals surface area contributed by atoms with Crippen LogP contribution in [0.4, 0.5) is 0 Å². The Morgan fingerprint density at radius 3 is 2.86 bits per heavy atom. The van der Waals surface area contributed by atoms with E-state index in [0.29, 0.717) is 0 Å². The third-order valence-electron chi connectivity index (χ3n) is 3.31. The molecule has 2 aliphatic carbocycles. The molecule has 0 amide bonds. The van der Waals surface area contributed by atoms with Gasteiger partial charge in [-0.05, 0) is 25.3 Å². The van der Waals surface area contributed by atoms with E-state index in [1.807, 2.05) is 0 Å². The minimum Gasteiger partial charge on any atom is -0.493 e. The summed E-state index contributed by atoms with van der Waals surface area (Å²) >= 11 is 0. The van der Waals surface area contributed by atoms with Gasteiger partial charge in [-0.1, -0.05) is 12.2 Å². The molecule has 0 bridgehead atoms. The number of hydrogen-bond acceptors (Lipinski definition) is 3. The average molecular weight is 194 g/mol. The van der Waals surface area contributed by atoms with Crippen LogP contribution >= 0.6 is 0 Å². The molecule has 2 unspecified atom stereocenters. The molecular weight excluding hydrogens is 180 g/mol. The molecule has 3 nitrogen and oxygen atoms in total. The van der Waals surface area contributed by atoms with Crippen molar-refractivity contribution in [1.82, 2.24) is 0 Å². The van der Waals surface area contributed by atoms with Crippen molar-refractivity contribution in [2.24, 2.45) is 5.41 Å². The van der Waals surface area contributed by atoms with Gasteiger partial charge in [0.25, 0.3) is 0 Å². The number of hydrogen-bond donors (Lipinski definition) is 1. The maximum atomic E-state index is 11.6. The summed E-state index contributed by atoms with van der Waals surface area (Å²) in [6.07, 6.45) is 3.43. The third kappa shape index (κ3) is 0.989.